The van der Waals surface area contributed by atoms with E-state index in [1.54, 1.807) is 4.90 Å². The lowest BCUT2D eigenvalue weighted by Gasteiger charge is -2.33. The van der Waals surface area contributed by atoms with Crippen LogP contribution in [0.4, 0.5) is 4.79 Å². The summed E-state index contributed by atoms with van der Waals surface area (Å²) in [5.74, 6) is 0.257. The van der Waals surface area contributed by atoms with Gasteiger partial charge in [-0.1, -0.05) is 78.9 Å². The Bertz CT molecular complexity index is 1210. The Hall–Kier alpha value is -4.17. The summed E-state index contributed by atoms with van der Waals surface area (Å²) in [5, 5.41) is 5.76. The van der Waals surface area contributed by atoms with Gasteiger partial charge in [0.25, 0.3) is 0 Å². The fourth-order valence-electron chi connectivity index (χ4n) is 4.51. The normalized spacial score (nSPS) is 15.2. The van der Waals surface area contributed by atoms with E-state index in [1.807, 2.05) is 92.0 Å². The second kappa shape index (κ2) is 14.1. The van der Waals surface area contributed by atoms with Crippen LogP contribution in [0, 0.1) is 0 Å². The van der Waals surface area contributed by atoms with Gasteiger partial charge in [-0.15, -0.1) is 0 Å². The van der Waals surface area contributed by atoms with Gasteiger partial charge in [0.1, 0.15) is 24.7 Å². The van der Waals surface area contributed by atoms with Crippen molar-refractivity contribution >= 4 is 18.2 Å². The van der Waals surface area contributed by atoms with Crippen molar-refractivity contribution in [3.8, 4) is 5.75 Å². The van der Waals surface area contributed by atoms with Crippen LogP contribution in [0.2, 0.25) is 0 Å². The van der Waals surface area contributed by atoms with Gasteiger partial charge in [0.2, 0.25) is 5.91 Å². The van der Waals surface area contributed by atoms with Crippen molar-refractivity contribution in [3.05, 3.63) is 102 Å². The first-order chi connectivity index (χ1) is 19.0. The van der Waals surface area contributed by atoms with E-state index in [0.29, 0.717) is 31.9 Å². The molecule has 0 aliphatic carbocycles. The van der Waals surface area contributed by atoms with Gasteiger partial charge in [-0.2, -0.15) is 0 Å². The molecule has 0 spiro atoms. The number of carbonyl (C=O) groups is 3. The summed E-state index contributed by atoms with van der Waals surface area (Å²) in [7, 11) is 2.02. The number of amides is 3. The minimum absolute atomic E-state index is 0.269. The summed E-state index contributed by atoms with van der Waals surface area (Å²) in [5.41, 5.74) is 2.76. The molecule has 1 heterocycles. The summed E-state index contributed by atoms with van der Waals surface area (Å²) in [6.45, 7) is 3.15. The number of ether oxygens (including phenoxy) is 1. The predicted molar refractivity (Wildman–Crippen MR) is 150 cm³/mol. The number of likely N-dealkylation sites (N-methyl/N-ethyl adjacent to an activating group) is 1. The molecule has 8 heteroatoms. The first-order valence-electron chi connectivity index (χ1n) is 13.3. The van der Waals surface area contributed by atoms with E-state index >= 15 is 0 Å². The second-order valence-electron chi connectivity index (χ2n) is 9.82. The molecule has 2 atom stereocenters. The number of para-hydroxylation sites is 1. The zero-order valence-electron chi connectivity index (χ0n) is 22.3. The Labute approximate surface area is 230 Å². The molecule has 3 amide bonds. The number of hydrogen-bond acceptors (Lipinski definition) is 5. The Balaban J connectivity index is 1.42. The summed E-state index contributed by atoms with van der Waals surface area (Å²) in [6, 6.07) is 25.0. The maximum Gasteiger partial charge on any atom is 0.318 e. The van der Waals surface area contributed by atoms with E-state index in [4.69, 9.17) is 4.74 Å². The monoisotopic (exact) mass is 529 g/mol. The van der Waals surface area contributed by atoms with Crippen LogP contribution in [-0.4, -0.2) is 73.3 Å². The molecule has 1 saturated heterocycles. The predicted octanol–water partition coefficient (Wildman–Crippen LogP) is 3.06. The van der Waals surface area contributed by atoms with Crippen molar-refractivity contribution < 1.29 is 19.1 Å². The van der Waals surface area contributed by atoms with Crippen molar-refractivity contribution in [1.82, 2.24) is 20.4 Å². The van der Waals surface area contributed by atoms with Gasteiger partial charge >= 0.3 is 6.03 Å². The molecule has 1 aliphatic heterocycles. The van der Waals surface area contributed by atoms with Crippen LogP contribution in [-0.2, 0) is 29.0 Å². The average molecular weight is 530 g/mol. The van der Waals surface area contributed by atoms with Crippen LogP contribution >= 0.6 is 0 Å². The van der Waals surface area contributed by atoms with Gasteiger partial charge in [0.15, 0.2) is 0 Å². The van der Waals surface area contributed by atoms with Gasteiger partial charge in [0, 0.05) is 39.0 Å². The lowest BCUT2D eigenvalue weighted by Crippen LogP contribution is -2.57. The molecule has 0 aromatic heterocycles. The zero-order valence-corrected chi connectivity index (χ0v) is 22.3. The Kier molecular flexibility index (Phi) is 10.1. The minimum Gasteiger partial charge on any atom is -0.489 e. The molecule has 4 rings (SSSR count). The lowest BCUT2D eigenvalue weighted by atomic mass is 10.0. The van der Waals surface area contributed by atoms with Crippen molar-refractivity contribution in [2.45, 2.75) is 31.5 Å². The van der Waals surface area contributed by atoms with Crippen LogP contribution in [0.1, 0.15) is 16.7 Å². The molecule has 1 aliphatic rings. The molecule has 204 valence electrons. The fraction of sp³-hybridized carbons (Fsp3) is 0.323. The van der Waals surface area contributed by atoms with E-state index in [9.17, 15) is 14.4 Å². The maximum atomic E-state index is 13.4. The fourth-order valence-corrected chi connectivity index (χ4v) is 4.51. The van der Waals surface area contributed by atoms with Gasteiger partial charge < -0.3 is 30.0 Å². The van der Waals surface area contributed by atoms with Crippen molar-refractivity contribution in [2.24, 2.45) is 0 Å². The molecule has 0 saturated carbocycles. The number of rotatable bonds is 11. The highest BCUT2D eigenvalue weighted by Gasteiger charge is 2.27. The van der Waals surface area contributed by atoms with E-state index in [2.05, 4.69) is 15.5 Å². The molecule has 3 aromatic rings. The number of nitrogens with zero attached hydrogens (tertiary/aromatic N) is 2. The Morgan fingerprint density at radius 1 is 0.821 bits per heavy atom. The van der Waals surface area contributed by atoms with Crippen molar-refractivity contribution in [3.63, 3.8) is 0 Å². The highest BCUT2D eigenvalue weighted by atomic mass is 16.5. The Morgan fingerprint density at radius 3 is 2.10 bits per heavy atom. The number of urea groups is 1. The highest BCUT2D eigenvalue weighted by molar-refractivity contribution is 5.89. The van der Waals surface area contributed by atoms with Gasteiger partial charge in [-0.3, -0.25) is 4.79 Å². The molecule has 8 nitrogen and oxygen atoms in total. The number of carbonyl (C=O) groups excluding carboxylic acids is 3. The zero-order chi connectivity index (χ0) is 27.5. The third-order valence-electron chi connectivity index (χ3n) is 6.83. The molecule has 0 bridgehead atoms. The molecule has 39 heavy (non-hydrogen) atoms. The first-order valence-corrected chi connectivity index (χ1v) is 13.3. The lowest BCUT2D eigenvalue weighted by molar-refractivity contribution is -0.125. The topological polar surface area (TPSA) is 91.0 Å². The van der Waals surface area contributed by atoms with E-state index in [-0.39, 0.29) is 12.5 Å². The molecule has 1 fully saturated rings. The minimum atomic E-state index is -0.827. The molecular formula is C31H36N4O4. The third kappa shape index (κ3) is 8.41. The first kappa shape index (κ1) is 27.9. The largest absolute Gasteiger partial charge is 0.489 e. The molecule has 0 radical (unpaired) electrons. The quantitative estimate of drug-likeness (QED) is 0.294. The molecule has 2 N–H and O–H groups in total. The van der Waals surface area contributed by atoms with Crippen LogP contribution in [0.5, 0.6) is 5.75 Å². The second-order valence-corrected chi connectivity index (χ2v) is 9.82. The van der Waals surface area contributed by atoms with Crippen LogP contribution in [0.25, 0.3) is 0 Å². The van der Waals surface area contributed by atoms with E-state index in [1.165, 1.54) is 0 Å². The van der Waals surface area contributed by atoms with Crippen LogP contribution in [0.3, 0.4) is 0 Å². The summed E-state index contributed by atoms with van der Waals surface area (Å²) in [4.78, 5) is 42.4. The number of aldehydes is 1. The Morgan fingerprint density at radius 2 is 1.44 bits per heavy atom. The van der Waals surface area contributed by atoms with Crippen molar-refractivity contribution in [1.29, 1.82) is 0 Å². The number of benzene rings is 3. The molecule has 3 aromatic carbocycles. The SMILES string of the molecule is CN1CCN(C(=O)N[C@@H](Cc2ccccc2)C(=O)N[C@@H](Cc2ccccc2OCc2ccccc2)[13CH]=O)CC1. The average Bonchev–Trinajstić information content (AvgIpc) is 2.97. The summed E-state index contributed by atoms with van der Waals surface area (Å²) >= 11 is 0. The summed E-state index contributed by atoms with van der Waals surface area (Å²) in [6.07, 6.45) is 1.31. The highest BCUT2D eigenvalue weighted by Crippen LogP contribution is 2.21. The molecular weight excluding hydrogens is 493 g/mol. The number of nitrogens with one attached hydrogen (secondary N) is 2. The van der Waals surface area contributed by atoms with Gasteiger partial charge in [-0.25, -0.2) is 4.79 Å². The van der Waals surface area contributed by atoms with Crippen LogP contribution in [0.15, 0.2) is 84.9 Å². The summed E-state index contributed by atoms with van der Waals surface area (Å²) < 4.78 is 6.03. The smallest absolute Gasteiger partial charge is 0.318 e. The van der Waals surface area contributed by atoms with E-state index in [0.717, 1.165) is 36.1 Å². The number of hydrogen-bond donors (Lipinski definition) is 2. The van der Waals surface area contributed by atoms with Gasteiger partial charge in [-0.05, 0) is 29.8 Å². The van der Waals surface area contributed by atoms with Crippen molar-refractivity contribution in [2.75, 3.05) is 33.2 Å². The number of piperazine rings is 1. The maximum absolute atomic E-state index is 13.4. The van der Waals surface area contributed by atoms with Crippen LogP contribution < -0.4 is 15.4 Å². The van der Waals surface area contributed by atoms with E-state index < -0.39 is 18.0 Å². The molecule has 0 unspecified atom stereocenters. The third-order valence-corrected chi connectivity index (χ3v) is 6.83. The van der Waals surface area contributed by atoms with Gasteiger partial charge in [0.05, 0.1) is 6.04 Å². The standard InChI is InChI=1S/C31H36N4O4/c1-34-16-18-35(19-17-34)31(38)33-28(20-24-10-4-2-5-11-24)30(37)32-27(22-36)21-26-14-8-9-15-29(26)39-23-25-12-6-3-7-13-25/h2-15,22,27-28H,16-21,23H2,1H3,(H,32,37)(H,33,38)/t27-,28-/m0/s1/i22+1.